The zero-order chi connectivity index (χ0) is 10.9. The number of hydrogen-bond donors (Lipinski definition) is 1. The number of ether oxygens (including phenoxy) is 2. The van der Waals surface area contributed by atoms with E-state index in [4.69, 9.17) is 9.47 Å². The van der Waals surface area contributed by atoms with E-state index in [0.717, 1.165) is 17.9 Å². The van der Waals surface area contributed by atoms with Crippen LogP contribution in [0, 0.1) is 0 Å². The van der Waals surface area contributed by atoms with Gasteiger partial charge in [-0.1, -0.05) is 12.1 Å². The monoisotopic (exact) mass is 207 g/mol. The Balaban J connectivity index is 2.11. The molecule has 1 heterocycles. The van der Waals surface area contributed by atoms with Gasteiger partial charge in [0, 0.05) is 5.54 Å². The molecule has 0 radical (unpaired) electrons. The van der Waals surface area contributed by atoms with E-state index in [-0.39, 0.29) is 11.8 Å². The Bertz CT molecular complexity index is 332. The van der Waals surface area contributed by atoms with Crippen LogP contribution in [0.2, 0.25) is 0 Å². The highest BCUT2D eigenvalue weighted by molar-refractivity contribution is 5.28. The fraction of sp³-hybridized carbons (Fsp3) is 0.500. The van der Waals surface area contributed by atoms with Gasteiger partial charge in [-0.05, 0) is 31.5 Å². The van der Waals surface area contributed by atoms with Gasteiger partial charge in [-0.15, -0.1) is 0 Å². The average Bonchev–Trinajstić information content (AvgIpc) is 2.59. The predicted molar refractivity (Wildman–Crippen MR) is 58.9 cm³/mol. The van der Waals surface area contributed by atoms with E-state index in [1.807, 2.05) is 24.3 Å². The molecule has 3 nitrogen and oxygen atoms in total. The van der Waals surface area contributed by atoms with E-state index in [1.165, 1.54) is 0 Å². The van der Waals surface area contributed by atoms with Gasteiger partial charge in [0.25, 0.3) is 0 Å². The van der Waals surface area contributed by atoms with Crippen LogP contribution in [0.5, 0.6) is 5.75 Å². The Labute approximate surface area is 90.4 Å². The summed E-state index contributed by atoms with van der Waals surface area (Å²) >= 11 is 0. The molecule has 0 saturated carbocycles. The maximum atomic E-state index is 5.68. The molecule has 2 rings (SSSR count). The summed E-state index contributed by atoms with van der Waals surface area (Å²) in [5, 5.41) is 3.42. The molecule has 0 spiro atoms. The minimum Gasteiger partial charge on any atom is -0.497 e. The number of methoxy groups -OCH3 is 1. The highest BCUT2D eigenvalue weighted by Gasteiger charge is 2.31. The molecule has 0 aromatic heterocycles. The molecule has 1 aliphatic rings. The fourth-order valence-electron chi connectivity index (χ4n) is 1.69. The molecule has 3 heteroatoms. The first-order chi connectivity index (χ1) is 7.11. The molecular formula is C12H17NO2. The fourth-order valence-corrected chi connectivity index (χ4v) is 1.69. The third-order valence-corrected chi connectivity index (χ3v) is 2.55. The summed E-state index contributed by atoms with van der Waals surface area (Å²) in [5.41, 5.74) is 1.20. The highest BCUT2D eigenvalue weighted by atomic mass is 16.5. The van der Waals surface area contributed by atoms with Crippen LogP contribution < -0.4 is 10.1 Å². The lowest BCUT2D eigenvalue weighted by molar-refractivity contribution is 0.0989. The third kappa shape index (κ3) is 2.30. The Morgan fingerprint density at radius 1 is 1.33 bits per heavy atom. The number of benzene rings is 1. The molecule has 1 atom stereocenters. The molecule has 82 valence electrons. The van der Waals surface area contributed by atoms with Crippen molar-refractivity contribution in [1.82, 2.24) is 5.32 Å². The van der Waals surface area contributed by atoms with Crippen LogP contribution in [-0.4, -0.2) is 19.3 Å². The van der Waals surface area contributed by atoms with E-state index in [2.05, 4.69) is 19.2 Å². The first-order valence-electron chi connectivity index (χ1n) is 5.14. The van der Waals surface area contributed by atoms with Crippen molar-refractivity contribution in [3.05, 3.63) is 29.8 Å². The van der Waals surface area contributed by atoms with Gasteiger partial charge in [-0.25, -0.2) is 0 Å². The second-order valence-electron chi connectivity index (χ2n) is 4.49. The topological polar surface area (TPSA) is 30.5 Å². The van der Waals surface area contributed by atoms with E-state index in [0.29, 0.717) is 0 Å². The quantitative estimate of drug-likeness (QED) is 0.805. The summed E-state index contributed by atoms with van der Waals surface area (Å²) in [6, 6.07) is 7.95. The van der Waals surface area contributed by atoms with Crippen molar-refractivity contribution < 1.29 is 9.47 Å². The molecule has 15 heavy (non-hydrogen) atoms. The average molecular weight is 207 g/mol. The van der Waals surface area contributed by atoms with E-state index >= 15 is 0 Å². The van der Waals surface area contributed by atoms with Gasteiger partial charge in [-0.2, -0.15) is 0 Å². The highest BCUT2D eigenvalue weighted by Crippen LogP contribution is 2.26. The molecule has 1 aromatic carbocycles. The largest absolute Gasteiger partial charge is 0.497 e. The summed E-state index contributed by atoms with van der Waals surface area (Å²) in [4.78, 5) is 0. The molecule has 0 unspecified atom stereocenters. The van der Waals surface area contributed by atoms with Crippen LogP contribution in [0.4, 0.5) is 0 Å². The zero-order valence-electron chi connectivity index (χ0n) is 9.41. The number of rotatable bonds is 2. The first-order valence-corrected chi connectivity index (χ1v) is 5.14. The number of nitrogens with one attached hydrogen (secondary N) is 1. The standard InChI is InChI=1S/C12H17NO2/c1-12(2)8-15-11(13-12)9-4-6-10(14-3)7-5-9/h4-7,11,13H,8H2,1-3H3/t11-/m0/s1. The summed E-state index contributed by atoms with van der Waals surface area (Å²) in [6.07, 6.45) is 0.00547. The second-order valence-corrected chi connectivity index (χ2v) is 4.49. The molecule has 1 fully saturated rings. The maximum absolute atomic E-state index is 5.68. The van der Waals surface area contributed by atoms with Crippen molar-refractivity contribution in [2.24, 2.45) is 0 Å². The smallest absolute Gasteiger partial charge is 0.134 e. The van der Waals surface area contributed by atoms with Crippen LogP contribution in [-0.2, 0) is 4.74 Å². The van der Waals surface area contributed by atoms with Crippen molar-refractivity contribution in [2.75, 3.05) is 13.7 Å². The summed E-state index contributed by atoms with van der Waals surface area (Å²) in [6.45, 7) is 5.01. The van der Waals surface area contributed by atoms with Gasteiger partial charge in [0.2, 0.25) is 0 Å². The SMILES string of the molecule is COc1ccc([C@H]2NC(C)(C)CO2)cc1. The molecule has 1 aromatic rings. The molecular weight excluding hydrogens is 190 g/mol. The van der Waals surface area contributed by atoms with Gasteiger partial charge in [0.15, 0.2) is 0 Å². The first kappa shape index (κ1) is 10.5. The molecule has 1 N–H and O–H groups in total. The normalized spacial score (nSPS) is 24.1. The van der Waals surface area contributed by atoms with Crippen LogP contribution >= 0.6 is 0 Å². The Morgan fingerprint density at radius 2 is 2.00 bits per heavy atom. The van der Waals surface area contributed by atoms with Crippen molar-refractivity contribution in [3.63, 3.8) is 0 Å². The molecule has 1 saturated heterocycles. The Kier molecular flexibility index (Phi) is 2.67. The third-order valence-electron chi connectivity index (χ3n) is 2.55. The lowest BCUT2D eigenvalue weighted by atomic mass is 10.1. The molecule has 0 bridgehead atoms. The van der Waals surface area contributed by atoms with Crippen LogP contribution in [0.3, 0.4) is 0 Å². The van der Waals surface area contributed by atoms with Crippen molar-refractivity contribution >= 4 is 0 Å². The predicted octanol–water partition coefficient (Wildman–Crippen LogP) is 2.09. The van der Waals surface area contributed by atoms with E-state index in [9.17, 15) is 0 Å². The summed E-state index contributed by atoms with van der Waals surface area (Å²) < 4.78 is 10.8. The lowest BCUT2D eigenvalue weighted by Crippen LogP contribution is -2.35. The van der Waals surface area contributed by atoms with Gasteiger partial charge in [-0.3, -0.25) is 5.32 Å². The summed E-state index contributed by atoms with van der Waals surface area (Å²) in [7, 11) is 1.67. The number of hydrogen-bond acceptors (Lipinski definition) is 3. The molecule has 0 amide bonds. The van der Waals surface area contributed by atoms with Crippen molar-refractivity contribution in [1.29, 1.82) is 0 Å². The maximum Gasteiger partial charge on any atom is 0.134 e. The van der Waals surface area contributed by atoms with Crippen molar-refractivity contribution in [3.8, 4) is 5.75 Å². The van der Waals surface area contributed by atoms with Gasteiger partial charge < -0.3 is 9.47 Å². The minimum atomic E-state index is 0.00547. The van der Waals surface area contributed by atoms with Crippen LogP contribution in [0.15, 0.2) is 24.3 Å². The van der Waals surface area contributed by atoms with Crippen LogP contribution in [0.1, 0.15) is 25.6 Å². The van der Waals surface area contributed by atoms with Crippen LogP contribution in [0.25, 0.3) is 0 Å². The Morgan fingerprint density at radius 3 is 2.47 bits per heavy atom. The minimum absolute atomic E-state index is 0.00547. The van der Waals surface area contributed by atoms with Crippen molar-refractivity contribution in [2.45, 2.75) is 25.6 Å². The van der Waals surface area contributed by atoms with E-state index in [1.54, 1.807) is 7.11 Å². The molecule has 1 aliphatic heterocycles. The summed E-state index contributed by atoms with van der Waals surface area (Å²) in [5.74, 6) is 0.871. The second kappa shape index (κ2) is 3.83. The van der Waals surface area contributed by atoms with E-state index < -0.39 is 0 Å². The lowest BCUT2D eigenvalue weighted by Gasteiger charge is -2.17. The zero-order valence-corrected chi connectivity index (χ0v) is 9.41. The van der Waals surface area contributed by atoms with Gasteiger partial charge in [0.05, 0.1) is 13.7 Å². The molecule has 0 aliphatic carbocycles. The Hall–Kier alpha value is -1.06. The van der Waals surface area contributed by atoms with Gasteiger partial charge >= 0.3 is 0 Å². The van der Waals surface area contributed by atoms with Gasteiger partial charge in [0.1, 0.15) is 12.0 Å².